The second-order valence-electron chi connectivity index (χ2n) is 3.83. The van der Waals surface area contributed by atoms with Gasteiger partial charge in [0.05, 0.1) is 5.02 Å². The van der Waals surface area contributed by atoms with E-state index in [9.17, 15) is 9.18 Å². The van der Waals surface area contributed by atoms with Gasteiger partial charge < -0.3 is 10.6 Å². The largest absolute Gasteiger partial charge is 0.355 e. The van der Waals surface area contributed by atoms with Gasteiger partial charge in [-0.25, -0.2) is 4.39 Å². The number of hydrogen-bond acceptors (Lipinski definition) is 2. The van der Waals surface area contributed by atoms with E-state index >= 15 is 0 Å². The van der Waals surface area contributed by atoms with Gasteiger partial charge in [0, 0.05) is 26.1 Å². The molecule has 1 aromatic carbocycles. The van der Waals surface area contributed by atoms with Gasteiger partial charge in [-0.05, 0) is 24.6 Å². The number of rotatable bonds is 5. The lowest BCUT2D eigenvalue weighted by atomic mass is 10.1. The third-order valence-electron chi connectivity index (χ3n) is 2.39. The highest BCUT2D eigenvalue weighted by Gasteiger charge is 2.07. The monoisotopic (exact) mass is 258 g/mol. The van der Waals surface area contributed by atoms with Crippen molar-refractivity contribution in [3.8, 4) is 0 Å². The minimum absolute atomic E-state index is 0.00975. The molecule has 3 nitrogen and oxygen atoms in total. The minimum atomic E-state index is -0.417. The summed E-state index contributed by atoms with van der Waals surface area (Å²) in [5, 5.41) is 5.98. The van der Waals surface area contributed by atoms with Crippen molar-refractivity contribution in [1.82, 2.24) is 10.6 Å². The summed E-state index contributed by atoms with van der Waals surface area (Å²) < 4.78 is 13.2. The van der Waals surface area contributed by atoms with Gasteiger partial charge in [0.15, 0.2) is 0 Å². The maximum absolute atomic E-state index is 13.2. The first-order valence-electron chi connectivity index (χ1n) is 5.43. The van der Waals surface area contributed by atoms with Crippen molar-refractivity contribution < 1.29 is 9.18 Å². The second kappa shape index (κ2) is 6.57. The molecule has 0 saturated heterocycles. The summed E-state index contributed by atoms with van der Waals surface area (Å²) in [5.74, 6) is -0.475. The van der Waals surface area contributed by atoms with Crippen molar-refractivity contribution in [2.24, 2.45) is 0 Å². The Labute approximate surface area is 105 Å². The summed E-state index contributed by atoms with van der Waals surface area (Å²) in [6.07, 6.45) is 0. The van der Waals surface area contributed by atoms with E-state index < -0.39 is 5.82 Å². The molecule has 0 saturated carbocycles. The van der Waals surface area contributed by atoms with Crippen molar-refractivity contribution in [3.05, 3.63) is 34.6 Å². The minimum Gasteiger partial charge on any atom is -0.355 e. The van der Waals surface area contributed by atoms with Crippen LogP contribution >= 0.6 is 11.6 Å². The van der Waals surface area contributed by atoms with Gasteiger partial charge in [0.2, 0.25) is 5.91 Å². The average molecular weight is 259 g/mol. The zero-order chi connectivity index (χ0) is 12.8. The van der Waals surface area contributed by atoms with Gasteiger partial charge in [-0.15, -0.1) is 0 Å². The number of halogens is 2. The molecule has 2 N–H and O–H groups in total. The molecule has 17 heavy (non-hydrogen) atoms. The summed E-state index contributed by atoms with van der Waals surface area (Å²) in [6, 6.07) is 4.74. The van der Waals surface area contributed by atoms with Gasteiger partial charge in [-0.2, -0.15) is 0 Å². The number of amides is 1. The molecule has 0 fully saturated rings. The van der Waals surface area contributed by atoms with Crippen LogP contribution in [-0.4, -0.2) is 19.0 Å². The number of nitrogens with one attached hydrogen (secondary N) is 2. The van der Waals surface area contributed by atoms with E-state index in [1.807, 2.05) is 6.92 Å². The Bertz CT molecular complexity index is 398. The molecule has 0 bridgehead atoms. The Morgan fingerprint density at radius 3 is 2.76 bits per heavy atom. The fourth-order valence-corrected chi connectivity index (χ4v) is 1.54. The van der Waals surface area contributed by atoms with Crippen molar-refractivity contribution >= 4 is 17.5 Å². The van der Waals surface area contributed by atoms with Crippen LogP contribution in [0.4, 0.5) is 4.39 Å². The summed E-state index contributed by atoms with van der Waals surface area (Å²) >= 11 is 5.60. The SMILES string of the molecule is CC(=O)NCCNC(C)c1ccc(Cl)c(F)c1. The van der Waals surface area contributed by atoms with Crippen LogP contribution < -0.4 is 10.6 Å². The quantitative estimate of drug-likeness (QED) is 0.796. The van der Waals surface area contributed by atoms with E-state index in [-0.39, 0.29) is 17.0 Å². The van der Waals surface area contributed by atoms with Crippen LogP contribution in [0, 0.1) is 5.82 Å². The van der Waals surface area contributed by atoms with Gasteiger partial charge in [0.1, 0.15) is 5.82 Å². The van der Waals surface area contributed by atoms with Gasteiger partial charge in [-0.3, -0.25) is 4.79 Å². The molecular weight excluding hydrogens is 243 g/mol. The Morgan fingerprint density at radius 1 is 1.47 bits per heavy atom. The molecule has 1 amide bonds. The molecule has 5 heteroatoms. The normalized spacial score (nSPS) is 12.2. The molecule has 0 heterocycles. The van der Waals surface area contributed by atoms with Crippen molar-refractivity contribution in [3.63, 3.8) is 0 Å². The van der Waals surface area contributed by atoms with Crippen LogP contribution in [0.5, 0.6) is 0 Å². The highest BCUT2D eigenvalue weighted by atomic mass is 35.5. The lowest BCUT2D eigenvalue weighted by molar-refractivity contribution is -0.118. The van der Waals surface area contributed by atoms with Crippen LogP contribution in [-0.2, 0) is 4.79 Å². The predicted molar refractivity (Wildman–Crippen MR) is 66.5 cm³/mol. The summed E-state index contributed by atoms with van der Waals surface area (Å²) in [7, 11) is 0. The zero-order valence-electron chi connectivity index (χ0n) is 9.89. The molecule has 0 aliphatic rings. The molecular formula is C12H16ClFN2O. The fourth-order valence-electron chi connectivity index (χ4n) is 1.43. The summed E-state index contributed by atoms with van der Waals surface area (Å²) in [4.78, 5) is 10.6. The number of carbonyl (C=O) groups is 1. The van der Waals surface area contributed by atoms with Crippen LogP contribution in [0.1, 0.15) is 25.5 Å². The topological polar surface area (TPSA) is 41.1 Å². The first-order valence-corrected chi connectivity index (χ1v) is 5.81. The summed E-state index contributed by atoms with van der Waals surface area (Å²) in [5.41, 5.74) is 0.828. The third-order valence-corrected chi connectivity index (χ3v) is 2.70. The van der Waals surface area contributed by atoms with E-state index in [1.165, 1.54) is 19.1 Å². The standard InChI is InChI=1S/C12H16ClFN2O/c1-8(15-5-6-16-9(2)17)10-3-4-11(13)12(14)7-10/h3-4,7-8,15H,5-6H2,1-2H3,(H,16,17). The highest BCUT2D eigenvalue weighted by Crippen LogP contribution is 2.19. The molecule has 1 rings (SSSR count). The lowest BCUT2D eigenvalue weighted by Gasteiger charge is -2.14. The molecule has 1 atom stereocenters. The van der Waals surface area contributed by atoms with Gasteiger partial charge >= 0.3 is 0 Å². The van der Waals surface area contributed by atoms with Crippen LogP contribution in [0.3, 0.4) is 0 Å². The maximum atomic E-state index is 13.2. The van der Waals surface area contributed by atoms with E-state index in [1.54, 1.807) is 6.07 Å². The molecule has 94 valence electrons. The number of benzene rings is 1. The van der Waals surface area contributed by atoms with Gasteiger partial charge in [0.25, 0.3) is 0 Å². The Kier molecular flexibility index (Phi) is 5.38. The van der Waals surface area contributed by atoms with Crippen LogP contribution in [0.25, 0.3) is 0 Å². The Hall–Kier alpha value is -1.13. The molecule has 1 unspecified atom stereocenters. The van der Waals surface area contributed by atoms with Crippen molar-refractivity contribution in [1.29, 1.82) is 0 Å². The smallest absolute Gasteiger partial charge is 0.216 e. The number of carbonyl (C=O) groups excluding carboxylic acids is 1. The molecule has 0 aliphatic heterocycles. The van der Waals surface area contributed by atoms with Crippen LogP contribution in [0.15, 0.2) is 18.2 Å². The average Bonchev–Trinajstić information content (AvgIpc) is 2.27. The first kappa shape index (κ1) is 13.9. The van der Waals surface area contributed by atoms with E-state index in [2.05, 4.69) is 10.6 Å². The van der Waals surface area contributed by atoms with Gasteiger partial charge in [-0.1, -0.05) is 17.7 Å². The zero-order valence-corrected chi connectivity index (χ0v) is 10.6. The predicted octanol–water partition coefficient (Wildman–Crippen LogP) is 2.27. The third kappa shape index (κ3) is 4.71. The maximum Gasteiger partial charge on any atom is 0.216 e. The molecule has 0 spiro atoms. The second-order valence-corrected chi connectivity index (χ2v) is 4.24. The van der Waals surface area contributed by atoms with Crippen LogP contribution in [0.2, 0.25) is 5.02 Å². The Balaban J connectivity index is 2.44. The summed E-state index contributed by atoms with van der Waals surface area (Å²) in [6.45, 7) is 4.58. The Morgan fingerprint density at radius 2 is 2.18 bits per heavy atom. The molecule has 0 aliphatic carbocycles. The van der Waals surface area contributed by atoms with E-state index in [0.717, 1.165) is 5.56 Å². The highest BCUT2D eigenvalue weighted by molar-refractivity contribution is 6.30. The van der Waals surface area contributed by atoms with E-state index in [4.69, 9.17) is 11.6 Å². The number of hydrogen-bond donors (Lipinski definition) is 2. The van der Waals surface area contributed by atoms with E-state index in [0.29, 0.717) is 13.1 Å². The van der Waals surface area contributed by atoms with Crippen molar-refractivity contribution in [2.75, 3.05) is 13.1 Å². The first-order chi connectivity index (χ1) is 8.00. The van der Waals surface area contributed by atoms with Crippen molar-refractivity contribution in [2.45, 2.75) is 19.9 Å². The lowest BCUT2D eigenvalue weighted by Crippen LogP contribution is -2.31. The molecule has 0 aromatic heterocycles. The molecule has 0 radical (unpaired) electrons. The fraction of sp³-hybridized carbons (Fsp3) is 0.417. The molecule has 1 aromatic rings.